The van der Waals surface area contributed by atoms with Gasteiger partial charge in [-0.3, -0.25) is 4.79 Å². The summed E-state index contributed by atoms with van der Waals surface area (Å²) in [6, 6.07) is 4.30. The van der Waals surface area contributed by atoms with Crippen molar-refractivity contribution in [2.24, 2.45) is 5.92 Å². The summed E-state index contributed by atoms with van der Waals surface area (Å²) in [5.74, 6) is -1.54. The second-order valence-electron chi connectivity index (χ2n) is 3.91. The van der Waals surface area contributed by atoms with Gasteiger partial charge in [0.1, 0.15) is 5.82 Å². The maximum Gasteiger partial charge on any atom is 0.313 e. The number of halogens is 2. The van der Waals surface area contributed by atoms with Gasteiger partial charge in [-0.25, -0.2) is 4.39 Å². The lowest BCUT2D eigenvalue weighted by Crippen LogP contribution is -2.20. The molecule has 88 valence electrons. The molecule has 1 atom stereocenters. The first kappa shape index (κ1) is 13.0. The van der Waals surface area contributed by atoms with E-state index in [1.54, 1.807) is 6.07 Å². The molecule has 1 aromatic rings. The second-order valence-corrected chi connectivity index (χ2v) is 4.35. The number of benzene rings is 1. The molecule has 0 heterocycles. The molecule has 1 rings (SSSR count). The van der Waals surface area contributed by atoms with Crippen LogP contribution in [0, 0.1) is 11.7 Å². The third-order valence-electron chi connectivity index (χ3n) is 2.42. The maximum atomic E-state index is 13.7. The summed E-state index contributed by atoms with van der Waals surface area (Å²) in [7, 11) is 1.30. The van der Waals surface area contributed by atoms with Gasteiger partial charge in [0.25, 0.3) is 0 Å². The summed E-state index contributed by atoms with van der Waals surface area (Å²) in [5, 5.41) is 0.314. The Hall–Kier alpha value is -1.09. The number of carbonyl (C=O) groups is 1. The van der Waals surface area contributed by atoms with Gasteiger partial charge in [0, 0.05) is 10.6 Å². The van der Waals surface area contributed by atoms with Gasteiger partial charge < -0.3 is 4.74 Å². The summed E-state index contributed by atoms with van der Waals surface area (Å²) >= 11 is 5.66. The van der Waals surface area contributed by atoms with Crippen molar-refractivity contribution in [1.29, 1.82) is 0 Å². The molecule has 0 spiro atoms. The fourth-order valence-corrected chi connectivity index (χ4v) is 1.80. The van der Waals surface area contributed by atoms with E-state index in [0.717, 1.165) is 0 Å². The summed E-state index contributed by atoms with van der Waals surface area (Å²) in [5.41, 5.74) is 0.325. The maximum absolute atomic E-state index is 13.7. The smallest absolute Gasteiger partial charge is 0.313 e. The van der Waals surface area contributed by atoms with E-state index in [0.29, 0.717) is 10.6 Å². The zero-order chi connectivity index (χ0) is 12.3. The molecule has 16 heavy (non-hydrogen) atoms. The van der Waals surface area contributed by atoms with Crippen molar-refractivity contribution in [2.75, 3.05) is 7.11 Å². The van der Waals surface area contributed by atoms with E-state index >= 15 is 0 Å². The van der Waals surface area contributed by atoms with Crippen LogP contribution in [0.3, 0.4) is 0 Å². The zero-order valence-corrected chi connectivity index (χ0v) is 10.2. The monoisotopic (exact) mass is 244 g/mol. The second kappa shape index (κ2) is 5.30. The van der Waals surface area contributed by atoms with E-state index in [2.05, 4.69) is 4.74 Å². The molecule has 2 nitrogen and oxygen atoms in total. The van der Waals surface area contributed by atoms with Crippen molar-refractivity contribution in [2.45, 2.75) is 19.8 Å². The first-order valence-electron chi connectivity index (χ1n) is 5.00. The molecule has 0 amide bonds. The zero-order valence-electron chi connectivity index (χ0n) is 9.46. The van der Waals surface area contributed by atoms with E-state index < -0.39 is 17.7 Å². The quantitative estimate of drug-likeness (QED) is 0.762. The third kappa shape index (κ3) is 2.73. The fourth-order valence-electron chi connectivity index (χ4n) is 1.64. The normalized spacial score (nSPS) is 12.6. The number of hydrogen-bond acceptors (Lipinski definition) is 2. The van der Waals surface area contributed by atoms with Crippen LogP contribution in [-0.4, -0.2) is 13.1 Å². The molecule has 0 fully saturated rings. The third-order valence-corrected chi connectivity index (χ3v) is 2.65. The number of rotatable bonds is 3. The average Bonchev–Trinajstić information content (AvgIpc) is 2.21. The van der Waals surface area contributed by atoms with Crippen molar-refractivity contribution in [3.63, 3.8) is 0 Å². The van der Waals surface area contributed by atoms with Gasteiger partial charge in [0.2, 0.25) is 0 Å². The van der Waals surface area contributed by atoms with Crippen LogP contribution in [0.1, 0.15) is 25.3 Å². The molecular formula is C12H14ClFO2. The molecule has 0 aromatic heterocycles. The first-order chi connectivity index (χ1) is 7.47. The predicted octanol–water partition coefficient (Wildman–Crippen LogP) is 3.39. The van der Waals surface area contributed by atoms with E-state index in [9.17, 15) is 9.18 Å². The van der Waals surface area contributed by atoms with Crippen molar-refractivity contribution in [3.05, 3.63) is 34.6 Å². The van der Waals surface area contributed by atoms with E-state index in [4.69, 9.17) is 11.6 Å². The van der Waals surface area contributed by atoms with Crippen molar-refractivity contribution in [1.82, 2.24) is 0 Å². The lowest BCUT2D eigenvalue weighted by molar-refractivity contribution is -0.143. The molecule has 4 heteroatoms. The van der Waals surface area contributed by atoms with Gasteiger partial charge in [0.05, 0.1) is 13.0 Å². The molecule has 1 aromatic carbocycles. The van der Waals surface area contributed by atoms with Crippen LogP contribution < -0.4 is 0 Å². The Morgan fingerprint density at radius 1 is 1.44 bits per heavy atom. The Balaban J connectivity index is 3.16. The van der Waals surface area contributed by atoms with Crippen LogP contribution in [-0.2, 0) is 9.53 Å². The largest absolute Gasteiger partial charge is 0.469 e. The van der Waals surface area contributed by atoms with Gasteiger partial charge in [-0.2, -0.15) is 0 Å². The van der Waals surface area contributed by atoms with Crippen LogP contribution in [0.25, 0.3) is 0 Å². The molecule has 0 aliphatic rings. The highest BCUT2D eigenvalue weighted by molar-refractivity contribution is 6.30. The van der Waals surface area contributed by atoms with E-state index in [1.807, 2.05) is 13.8 Å². The number of carbonyl (C=O) groups excluding carboxylic acids is 1. The highest BCUT2D eigenvalue weighted by Gasteiger charge is 2.27. The van der Waals surface area contributed by atoms with Crippen molar-refractivity contribution < 1.29 is 13.9 Å². The Bertz CT molecular complexity index is 391. The van der Waals surface area contributed by atoms with Gasteiger partial charge >= 0.3 is 5.97 Å². The van der Waals surface area contributed by atoms with Crippen molar-refractivity contribution >= 4 is 17.6 Å². The van der Waals surface area contributed by atoms with Crippen LogP contribution in [0.15, 0.2) is 18.2 Å². The molecule has 0 aliphatic heterocycles. The van der Waals surface area contributed by atoms with Crippen LogP contribution in [0.5, 0.6) is 0 Å². The minimum Gasteiger partial charge on any atom is -0.469 e. The lowest BCUT2D eigenvalue weighted by Gasteiger charge is -2.19. The van der Waals surface area contributed by atoms with Crippen LogP contribution >= 0.6 is 11.6 Å². The fraction of sp³-hybridized carbons (Fsp3) is 0.417. The average molecular weight is 245 g/mol. The van der Waals surface area contributed by atoms with Gasteiger partial charge in [-0.05, 0) is 18.1 Å². The van der Waals surface area contributed by atoms with E-state index in [-0.39, 0.29) is 5.92 Å². The Labute approximate surface area is 99.4 Å². The van der Waals surface area contributed by atoms with Crippen LogP contribution in [0.4, 0.5) is 4.39 Å². The predicted molar refractivity (Wildman–Crippen MR) is 61.0 cm³/mol. The molecule has 1 unspecified atom stereocenters. The van der Waals surface area contributed by atoms with Gasteiger partial charge in [-0.1, -0.05) is 31.5 Å². The topological polar surface area (TPSA) is 26.3 Å². The summed E-state index contributed by atoms with van der Waals surface area (Å²) in [4.78, 5) is 11.6. The molecule has 0 radical (unpaired) electrons. The first-order valence-corrected chi connectivity index (χ1v) is 5.38. The standard InChI is InChI=1S/C12H14ClFO2/c1-7(2)11(12(15)16-3)9-5-4-8(13)6-10(9)14/h4-7,11H,1-3H3. The number of methoxy groups -OCH3 is 1. The SMILES string of the molecule is COC(=O)C(c1ccc(Cl)cc1F)C(C)C. The van der Waals surface area contributed by atoms with Gasteiger partial charge in [0.15, 0.2) is 0 Å². The Morgan fingerprint density at radius 3 is 2.50 bits per heavy atom. The summed E-state index contributed by atoms with van der Waals surface area (Å²) in [6.07, 6.45) is 0. The summed E-state index contributed by atoms with van der Waals surface area (Å²) < 4.78 is 18.3. The summed E-state index contributed by atoms with van der Waals surface area (Å²) in [6.45, 7) is 3.69. The number of esters is 1. The lowest BCUT2D eigenvalue weighted by atomic mass is 9.88. The molecule has 0 bridgehead atoms. The number of hydrogen-bond donors (Lipinski definition) is 0. The van der Waals surface area contributed by atoms with E-state index in [1.165, 1.54) is 19.2 Å². The number of ether oxygens (including phenoxy) is 1. The molecule has 0 saturated heterocycles. The highest BCUT2D eigenvalue weighted by Crippen LogP contribution is 2.29. The highest BCUT2D eigenvalue weighted by atomic mass is 35.5. The Morgan fingerprint density at radius 2 is 2.06 bits per heavy atom. The minimum absolute atomic E-state index is 0.0388. The molecule has 0 saturated carbocycles. The Kier molecular flexibility index (Phi) is 4.30. The van der Waals surface area contributed by atoms with Gasteiger partial charge in [-0.15, -0.1) is 0 Å². The van der Waals surface area contributed by atoms with Crippen molar-refractivity contribution in [3.8, 4) is 0 Å². The molecule has 0 N–H and O–H groups in total. The minimum atomic E-state index is -0.595. The molecular weight excluding hydrogens is 231 g/mol. The van der Waals surface area contributed by atoms with Crippen LogP contribution in [0.2, 0.25) is 5.02 Å². The molecule has 0 aliphatic carbocycles.